The summed E-state index contributed by atoms with van der Waals surface area (Å²) in [6.07, 6.45) is 1.97. The molecule has 0 aliphatic carbocycles. The van der Waals surface area contributed by atoms with Gasteiger partial charge in [0.15, 0.2) is 0 Å². The normalized spacial score (nSPS) is 13.5. The molecular formula is C10H10INS. The lowest BCUT2D eigenvalue weighted by Gasteiger charge is -2.08. The summed E-state index contributed by atoms with van der Waals surface area (Å²) in [5.74, 6) is 0. The van der Waals surface area contributed by atoms with Crippen LogP contribution in [0.4, 0.5) is 0 Å². The average Bonchev–Trinajstić information content (AvgIpc) is 2.50. The molecule has 0 saturated carbocycles. The van der Waals surface area contributed by atoms with Crippen LogP contribution in [0.1, 0.15) is 22.0 Å². The number of fused-ring (bicyclic) bond motifs is 1. The van der Waals surface area contributed by atoms with Crippen LogP contribution in [0.5, 0.6) is 0 Å². The zero-order valence-corrected chi connectivity index (χ0v) is 10.5. The minimum Gasteiger partial charge on any atom is -0.255 e. The van der Waals surface area contributed by atoms with E-state index >= 15 is 0 Å². The van der Waals surface area contributed by atoms with E-state index in [1.54, 1.807) is 11.3 Å². The van der Waals surface area contributed by atoms with Gasteiger partial charge in [0, 0.05) is 10.1 Å². The SMILES string of the molecule is Cc1cnc2ccsc2c1C(C)I. The fourth-order valence-corrected chi connectivity index (χ4v) is 3.57. The Kier molecular flexibility index (Phi) is 2.55. The summed E-state index contributed by atoms with van der Waals surface area (Å²) < 4.78 is 1.91. The second kappa shape index (κ2) is 3.53. The Morgan fingerprint density at radius 1 is 1.54 bits per heavy atom. The van der Waals surface area contributed by atoms with Crippen molar-refractivity contribution in [2.45, 2.75) is 17.8 Å². The first kappa shape index (κ1) is 9.40. The van der Waals surface area contributed by atoms with Gasteiger partial charge >= 0.3 is 0 Å². The molecule has 0 fully saturated rings. The molecule has 13 heavy (non-hydrogen) atoms. The third-order valence-corrected chi connectivity index (χ3v) is 3.67. The Hall–Kier alpha value is -0.160. The van der Waals surface area contributed by atoms with Crippen molar-refractivity contribution in [3.05, 3.63) is 28.8 Å². The van der Waals surface area contributed by atoms with Crippen LogP contribution >= 0.6 is 33.9 Å². The van der Waals surface area contributed by atoms with Gasteiger partial charge in [-0.25, -0.2) is 0 Å². The van der Waals surface area contributed by atoms with Gasteiger partial charge in [0.05, 0.1) is 10.2 Å². The Labute approximate surface area is 95.3 Å². The van der Waals surface area contributed by atoms with E-state index in [0.717, 1.165) is 5.52 Å². The van der Waals surface area contributed by atoms with Crippen LogP contribution in [0, 0.1) is 6.92 Å². The van der Waals surface area contributed by atoms with Crippen molar-refractivity contribution in [2.75, 3.05) is 0 Å². The van der Waals surface area contributed by atoms with Crippen molar-refractivity contribution < 1.29 is 0 Å². The highest BCUT2D eigenvalue weighted by molar-refractivity contribution is 14.1. The van der Waals surface area contributed by atoms with Crippen LogP contribution in [-0.4, -0.2) is 4.98 Å². The molecular weight excluding hydrogens is 293 g/mol. The summed E-state index contributed by atoms with van der Waals surface area (Å²) in [5.41, 5.74) is 3.88. The molecule has 3 heteroatoms. The van der Waals surface area contributed by atoms with E-state index < -0.39 is 0 Å². The second-order valence-corrected chi connectivity index (χ2v) is 5.89. The van der Waals surface area contributed by atoms with Crippen molar-refractivity contribution in [1.82, 2.24) is 4.98 Å². The number of alkyl halides is 1. The third-order valence-electron chi connectivity index (χ3n) is 2.11. The lowest BCUT2D eigenvalue weighted by molar-refractivity contribution is 1.12. The molecule has 0 bridgehead atoms. The van der Waals surface area contributed by atoms with Crippen LogP contribution in [0.25, 0.3) is 10.2 Å². The molecule has 2 rings (SSSR count). The lowest BCUT2D eigenvalue weighted by Crippen LogP contribution is -1.90. The van der Waals surface area contributed by atoms with E-state index in [1.165, 1.54) is 15.8 Å². The lowest BCUT2D eigenvalue weighted by atomic mass is 10.1. The smallest absolute Gasteiger partial charge is 0.0813 e. The number of aromatic nitrogens is 1. The van der Waals surface area contributed by atoms with Gasteiger partial charge in [-0.3, -0.25) is 4.98 Å². The predicted molar refractivity (Wildman–Crippen MR) is 66.8 cm³/mol. The maximum Gasteiger partial charge on any atom is 0.0813 e. The minimum absolute atomic E-state index is 0.557. The van der Waals surface area contributed by atoms with Crippen LogP contribution in [0.2, 0.25) is 0 Å². The molecule has 2 heterocycles. The molecule has 2 aromatic rings. The van der Waals surface area contributed by atoms with Gasteiger partial charge in [-0.05, 0) is 36.4 Å². The fourth-order valence-electron chi connectivity index (χ4n) is 1.52. The highest BCUT2D eigenvalue weighted by Crippen LogP contribution is 2.34. The van der Waals surface area contributed by atoms with Crippen molar-refractivity contribution in [2.24, 2.45) is 0 Å². The summed E-state index contributed by atoms with van der Waals surface area (Å²) in [6.45, 7) is 4.36. The molecule has 1 unspecified atom stereocenters. The number of nitrogens with zero attached hydrogens (tertiary/aromatic N) is 1. The molecule has 1 atom stereocenters. The maximum absolute atomic E-state index is 4.39. The van der Waals surface area contributed by atoms with Crippen molar-refractivity contribution in [3.63, 3.8) is 0 Å². The van der Waals surface area contributed by atoms with E-state index in [9.17, 15) is 0 Å². The van der Waals surface area contributed by atoms with E-state index in [-0.39, 0.29) is 0 Å². The number of rotatable bonds is 1. The van der Waals surface area contributed by atoms with Gasteiger partial charge in [0.1, 0.15) is 0 Å². The average molecular weight is 303 g/mol. The first-order chi connectivity index (χ1) is 6.20. The van der Waals surface area contributed by atoms with Crippen LogP contribution in [0.15, 0.2) is 17.6 Å². The molecule has 1 nitrogen and oxygen atoms in total. The monoisotopic (exact) mass is 303 g/mol. The molecule has 0 aliphatic rings. The summed E-state index contributed by atoms with van der Waals surface area (Å²) >= 11 is 4.25. The molecule has 0 spiro atoms. The number of hydrogen-bond acceptors (Lipinski definition) is 2. The van der Waals surface area contributed by atoms with Crippen molar-refractivity contribution >= 4 is 44.1 Å². The predicted octanol–water partition coefficient (Wildman–Crippen LogP) is 4.10. The summed E-state index contributed by atoms with van der Waals surface area (Å²) in [4.78, 5) is 4.39. The highest BCUT2D eigenvalue weighted by Gasteiger charge is 2.10. The van der Waals surface area contributed by atoms with E-state index in [0.29, 0.717) is 3.92 Å². The van der Waals surface area contributed by atoms with Crippen LogP contribution in [0.3, 0.4) is 0 Å². The van der Waals surface area contributed by atoms with Crippen molar-refractivity contribution in [3.8, 4) is 0 Å². The number of hydrogen-bond donors (Lipinski definition) is 0. The van der Waals surface area contributed by atoms with Gasteiger partial charge < -0.3 is 0 Å². The first-order valence-corrected chi connectivity index (χ1v) is 6.29. The maximum atomic E-state index is 4.39. The Bertz CT molecular complexity index is 433. The second-order valence-electron chi connectivity index (χ2n) is 3.11. The first-order valence-electron chi connectivity index (χ1n) is 4.17. The van der Waals surface area contributed by atoms with Crippen LogP contribution in [-0.2, 0) is 0 Å². The standard InChI is InChI=1S/C10H10INS/c1-6-5-12-8-3-4-13-10(8)9(6)7(2)11/h3-5,7H,1-2H3. The minimum atomic E-state index is 0.557. The highest BCUT2D eigenvalue weighted by atomic mass is 127. The van der Waals surface area contributed by atoms with Gasteiger partial charge in [0.2, 0.25) is 0 Å². The molecule has 0 aliphatic heterocycles. The topological polar surface area (TPSA) is 12.9 Å². The number of pyridine rings is 1. The van der Waals surface area contributed by atoms with E-state index in [2.05, 4.69) is 52.9 Å². The summed E-state index contributed by atoms with van der Waals surface area (Å²) in [7, 11) is 0. The number of aryl methyl sites for hydroxylation is 1. The quantitative estimate of drug-likeness (QED) is 0.571. The largest absolute Gasteiger partial charge is 0.255 e. The molecule has 2 aromatic heterocycles. The number of halogens is 1. The zero-order chi connectivity index (χ0) is 9.42. The molecule has 0 saturated heterocycles. The molecule has 0 radical (unpaired) electrons. The van der Waals surface area contributed by atoms with Gasteiger partial charge in [-0.15, -0.1) is 11.3 Å². The summed E-state index contributed by atoms with van der Waals surface area (Å²) in [5, 5.41) is 2.11. The van der Waals surface area contributed by atoms with Gasteiger partial charge in [-0.2, -0.15) is 0 Å². The molecule has 0 amide bonds. The Balaban J connectivity index is 2.80. The summed E-state index contributed by atoms with van der Waals surface area (Å²) in [6, 6.07) is 2.09. The zero-order valence-electron chi connectivity index (χ0n) is 7.54. The molecule has 68 valence electrons. The van der Waals surface area contributed by atoms with Gasteiger partial charge in [0.25, 0.3) is 0 Å². The van der Waals surface area contributed by atoms with Gasteiger partial charge in [-0.1, -0.05) is 22.6 Å². The molecule has 0 aromatic carbocycles. The van der Waals surface area contributed by atoms with E-state index in [4.69, 9.17) is 0 Å². The fraction of sp³-hybridized carbons (Fsp3) is 0.300. The van der Waals surface area contributed by atoms with Crippen LogP contribution < -0.4 is 0 Å². The number of thiophene rings is 1. The van der Waals surface area contributed by atoms with Crippen molar-refractivity contribution in [1.29, 1.82) is 0 Å². The Morgan fingerprint density at radius 3 is 3.00 bits per heavy atom. The Morgan fingerprint density at radius 2 is 2.31 bits per heavy atom. The third kappa shape index (κ3) is 1.59. The molecule has 0 N–H and O–H groups in total. The van der Waals surface area contributed by atoms with E-state index in [1.807, 2.05) is 6.20 Å².